The topological polar surface area (TPSA) is 61.8 Å². The smallest absolute Gasteiger partial charge is 0.242 e. The van der Waals surface area contributed by atoms with Crippen LogP contribution in [0.3, 0.4) is 0 Å². The molecule has 1 N–H and O–H groups in total. The Labute approximate surface area is 151 Å². The molecule has 0 aromatic heterocycles. The summed E-state index contributed by atoms with van der Waals surface area (Å²) in [5, 5.41) is 3.02. The van der Waals surface area contributed by atoms with Gasteiger partial charge in [-0.1, -0.05) is 42.1 Å². The van der Waals surface area contributed by atoms with Crippen LogP contribution in [0.4, 0.5) is 11.4 Å². The molecule has 0 bridgehead atoms. The molecule has 128 valence electrons. The number of rotatable bonds is 4. The van der Waals surface area contributed by atoms with Gasteiger partial charge in [0.05, 0.1) is 5.69 Å². The summed E-state index contributed by atoms with van der Waals surface area (Å²) < 4.78 is 0. The lowest BCUT2D eigenvalue weighted by molar-refractivity contribution is -0.127. The zero-order chi connectivity index (χ0) is 17.8. The zero-order valence-corrected chi connectivity index (χ0v) is 14.9. The van der Waals surface area contributed by atoms with Crippen molar-refractivity contribution >= 4 is 40.1 Å². The second-order valence-corrected chi connectivity index (χ2v) is 7.03. The van der Waals surface area contributed by atoms with E-state index in [1.807, 2.05) is 61.5 Å². The number of hydrogen-bond acceptors (Lipinski definition) is 4. The fourth-order valence-electron chi connectivity index (χ4n) is 2.51. The Hall–Kier alpha value is -2.60. The third-order valence-corrected chi connectivity index (χ3v) is 5.02. The molecule has 1 saturated heterocycles. The largest absolute Gasteiger partial charge is 0.326 e. The van der Waals surface area contributed by atoms with Crippen molar-refractivity contribution in [1.29, 1.82) is 0 Å². The normalized spacial score (nSPS) is 18.6. The third-order valence-electron chi connectivity index (χ3n) is 3.79. The van der Waals surface area contributed by atoms with Crippen LogP contribution in [-0.4, -0.2) is 34.2 Å². The standard InChI is InChI=1S/C19H19N3O2S/c1-13-7-6-10-15(11-13)20-17(23)12-16-18(24)22(2)19(25-16)21-14-8-4-3-5-9-14/h3-11,16H,12H2,1-2H3,(H,20,23)/t16-/m1/s1. The number of aliphatic imine (C=N–C) groups is 1. The molecule has 0 aliphatic carbocycles. The monoisotopic (exact) mass is 353 g/mol. The SMILES string of the molecule is Cc1cccc(NC(=O)C[C@H]2SC(=Nc3ccccc3)N(C)C2=O)c1. The van der Waals surface area contributed by atoms with Crippen molar-refractivity contribution in [2.24, 2.45) is 4.99 Å². The van der Waals surface area contributed by atoms with Gasteiger partial charge in [0.2, 0.25) is 11.8 Å². The Morgan fingerprint density at radius 1 is 1.20 bits per heavy atom. The van der Waals surface area contributed by atoms with Gasteiger partial charge in [-0.3, -0.25) is 14.5 Å². The van der Waals surface area contributed by atoms with E-state index in [0.29, 0.717) is 5.17 Å². The van der Waals surface area contributed by atoms with E-state index in [9.17, 15) is 9.59 Å². The number of carbonyl (C=O) groups excluding carboxylic acids is 2. The van der Waals surface area contributed by atoms with Crippen molar-refractivity contribution in [2.45, 2.75) is 18.6 Å². The van der Waals surface area contributed by atoms with Gasteiger partial charge in [-0.2, -0.15) is 0 Å². The van der Waals surface area contributed by atoms with Crippen LogP contribution in [0, 0.1) is 6.92 Å². The number of nitrogens with zero attached hydrogens (tertiary/aromatic N) is 2. The van der Waals surface area contributed by atoms with Crippen LogP contribution in [0.25, 0.3) is 0 Å². The van der Waals surface area contributed by atoms with Crippen LogP contribution in [0.1, 0.15) is 12.0 Å². The predicted octanol–water partition coefficient (Wildman–Crippen LogP) is 3.59. The summed E-state index contributed by atoms with van der Waals surface area (Å²) in [7, 11) is 1.69. The Morgan fingerprint density at radius 3 is 2.68 bits per heavy atom. The maximum absolute atomic E-state index is 12.4. The molecule has 1 fully saturated rings. The number of para-hydroxylation sites is 1. The summed E-state index contributed by atoms with van der Waals surface area (Å²) in [6, 6.07) is 17.1. The number of hydrogen-bond donors (Lipinski definition) is 1. The minimum absolute atomic E-state index is 0.0981. The van der Waals surface area contributed by atoms with Crippen molar-refractivity contribution in [2.75, 3.05) is 12.4 Å². The highest BCUT2D eigenvalue weighted by Gasteiger charge is 2.36. The van der Waals surface area contributed by atoms with E-state index in [1.165, 1.54) is 16.7 Å². The second-order valence-electron chi connectivity index (χ2n) is 5.86. The molecule has 1 aliphatic rings. The summed E-state index contributed by atoms with van der Waals surface area (Å²) in [5.41, 5.74) is 2.60. The summed E-state index contributed by atoms with van der Waals surface area (Å²) in [6.07, 6.45) is 0.121. The lowest BCUT2D eigenvalue weighted by atomic mass is 10.2. The van der Waals surface area contributed by atoms with E-state index in [1.54, 1.807) is 7.05 Å². The Morgan fingerprint density at radius 2 is 1.96 bits per heavy atom. The molecule has 2 amide bonds. The van der Waals surface area contributed by atoms with Gasteiger partial charge in [-0.25, -0.2) is 4.99 Å². The maximum atomic E-state index is 12.4. The fraction of sp³-hybridized carbons (Fsp3) is 0.211. The molecule has 0 spiro atoms. The molecule has 0 saturated carbocycles. The number of carbonyl (C=O) groups is 2. The van der Waals surface area contributed by atoms with Crippen molar-refractivity contribution in [3.8, 4) is 0 Å². The summed E-state index contributed by atoms with van der Waals surface area (Å²) >= 11 is 1.33. The molecule has 1 atom stereocenters. The Bertz CT molecular complexity index is 820. The number of anilines is 1. The maximum Gasteiger partial charge on any atom is 0.242 e. The lowest BCUT2D eigenvalue weighted by Gasteiger charge is -2.09. The second kappa shape index (κ2) is 7.53. The quantitative estimate of drug-likeness (QED) is 0.914. The minimum Gasteiger partial charge on any atom is -0.326 e. The van der Waals surface area contributed by atoms with Gasteiger partial charge in [0, 0.05) is 19.2 Å². The lowest BCUT2D eigenvalue weighted by Crippen LogP contribution is -2.30. The highest BCUT2D eigenvalue weighted by atomic mass is 32.2. The molecule has 0 radical (unpaired) electrons. The van der Waals surface area contributed by atoms with Gasteiger partial charge >= 0.3 is 0 Å². The van der Waals surface area contributed by atoms with Crippen molar-refractivity contribution < 1.29 is 9.59 Å². The molecule has 2 aromatic rings. The van der Waals surface area contributed by atoms with Gasteiger partial charge in [-0.15, -0.1) is 0 Å². The molecule has 1 aliphatic heterocycles. The van der Waals surface area contributed by atoms with Crippen LogP contribution < -0.4 is 5.32 Å². The average molecular weight is 353 g/mol. The molecule has 1 heterocycles. The van der Waals surface area contributed by atoms with Crippen LogP contribution in [0.15, 0.2) is 59.6 Å². The van der Waals surface area contributed by atoms with E-state index < -0.39 is 5.25 Å². The molecular weight excluding hydrogens is 334 g/mol. The minimum atomic E-state index is -0.447. The molecular formula is C19H19N3O2S. The summed E-state index contributed by atoms with van der Waals surface area (Å²) in [4.78, 5) is 30.7. The molecule has 3 rings (SSSR count). The Balaban J connectivity index is 1.66. The van der Waals surface area contributed by atoms with Crippen molar-refractivity contribution in [1.82, 2.24) is 4.90 Å². The zero-order valence-electron chi connectivity index (χ0n) is 14.1. The predicted molar refractivity (Wildman–Crippen MR) is 102 cm³/mol. The molecule has 25 heavy (non-hydrogen) atoms. The van der Waals surface area contributed by atoms with Gasteiger partial charge in [-0.05, 0) is 36.8 Å². The first-order chi connectivity index (χ1) is 12.0. The number of amides is 2. The van der Waals surface area contributed by atoms with Gasteiger partial charge < -0.3 is 5.32 Å². The van der Waals surface area contributed by atoms with Crippen LogP contribution in [-0.2, 0) is 9.59 Å². The van der Waals surface area contributed by atoms with E-state index in [-0.39, 0.29) is 18.2 Å². The van der Waals surface area contributed by atoms with Crippen molar-refractivity contribution in [3.63, 3.8) is 0 Å². The van der Waals surface area contributed by atoms with Crippen molar-refractivity contribution in [3.05, 3.63) is 60.2 Å². The number of nitrogens with one attached hydrogen (secondary N) is 1. The van der Waals surface area contributed by atoms with Crippen LogP contribution >= 0.6 is 11.8 Å². The molecule has 2 aromatic carbocycles. The first kappa shape index (κ1) is 17.2. The number of benzene rings is 2. The first-order valence-electron chi connectivity index (χ1n) is 7.97. The average Bonchev–Trinajstić information content (AvgIpc) is 2.84. The first-order valence-corrected chi connectivity index (χ1v) is 8.85. The van der Waals surface area contributed by atoms with E-state index >= 15 is 0 Å². The van der Waals surface area contributed by atoms with Crippen LogP contribution in [0.2, 0.25) is 0 Å². The number of amidine groups is 1. The molecule has 5 nitrogen and oxygen atoms in total. The van der Waals surface area contributed by atoms with Gasteiger partial charge in [0.15, 0.2) is 5.17 Å². The van der Waals surface area contributed by atoms with Gasteiger partial charge in [0.25, 0.3) is 0 Å². The van der Waals surface area contributed by atoms with E-state index in [0.717, 1.165) is 16.9 Å². The van der Waals surface area contributed by atoms with Crippen LogP contribution in [0.5, 0.6) is 0 Å². The summed E-state index contributed by atoms with van der Waals surface area (Å²) in [6.45, 7) is 1.97. The fourth-order valence-corrected chi connectivity index (χ4v) is 3.67. The summed E-state index contributed by atoms with van der Waals surface area (Å²) in [5.74, 6) is -0.273. The number of thioether (sulfide) groups is 1. The highest BCUT2D eigenvalue weighted by molar-refractivity contribution is 8.15. The van der Waals surface area contributed by atoms with E-state index in [4.69, 9.17) is 0 Å². The number of aryl methyl sites for hydroxylation is 1. The third kappa shape index (κ3) is 4.28. The van der Waals surface area contributed by atoms with E-state index in [2.05, 4.69) is 10.3 Å². The van der Waals surface area contributed by atoms with Gasteiger partial charge in [0.1, 0.15) is 5.25 Å². The molecule has 0 unspecified atom stereocenters. The Kier molecular flexibility index (Phi) is 5.19. The molecule has 6 heteroatoms. The highest BCUT2D eigenvalue weighted by Crippen LogP contribution is 2.30.